The van der Waals surface area contributed by atoms with Crippen LogP contribution in [0.1, 0.15) is 25.0 Å². The van der Waals surface area contributed by atoms with E-state index in [0.29, 0.717) is 12.4 Å². The number of halogens is 1. The van der Waals surface area contributed by atoms with Gasteiger partial charge in [0.2, 0.25) is 5.95 Å². The van der Waals surface area contributed by atoms with Crippen molar-refractivity contribution in [2.75, 3.05) is 6.54 Å². The molecule has 2 unspecified atom stereocenters. The van der Waals surface area contributed by atoms with E-state index in [1.165, 1.54) is 12.3 Å². The number of carbonyl (C=O) groups is 1. The number of rotatable bonds is 2. The highest BCUT2D eigenvalue weighted by Gasteiger charge is 2.39. The zero-order valence-electron chi connectivity index (χ0n) is 13.6. The number of aliphatic imine (C=N–C) groups is 1. The first kappa shape index (κ1) is 15.7. The van der Waals surface area contributed by atoms with Gasteiger partial charge in [-0.05, 0) is 30.7 Å². The molecule has 0 radical (unpaired) electrons. The molecule has 2 bridgehead atoms. The summed E-state index contributed by atoms with van der Waals surface area (Å²) in [5, 5.41) is 5.46. The van der Waals surface area contributed by atoms with E-state index in [0.717, 1.165) is 28.8 Å². The number of aromatic nitrogens is 1. The van der Waals surface area contributed by atoms with Crippen molar-refractivity contribution in [3.8, 4) is 11.1 Å². The van der Waals surface area contributed by atoms with Crippen molar-refractivity contribution < 1.29 is 13.9 Å². The molecule has 3 aliphatic rings. The van der Waals surface area contributed by atoms with Crippen molar-refractivity contribution >= 4 is 17.6 Å². The topological polar surface area (TPSA) is 75.6 Å². The van der Waals surface area contributed by atoms with Crippen molar-refractivity contribution in [1.82, 2.24) is 15.6 Å². The number of urea groups is 1. The van der Waals surface area contributed by atoms with Gasteiger partial charge in [-0.3, -0.25) is 5.32 Å². The largest absolute Gasteiger partial charge is 0.362 e. The summed E-state index contributed by atoms with van der Waals surface area (Å²) in [5.41, 5.74) is 3.42. The fraction of sp³-hybridized carbons (Fsp3) is 0.278. The van der Waals surface area contributed by atoms with Crippen molar-refractivity contribution in [2.24, 2.45) is 4.99 Å². The maximum Gasteiger partial charge on any atom is 0.320 e. The highest BCUT2D eigenvalue weighted by Crippen LogP contribution is 2.44. The van der Waals surface area contributed by atoms with Crippen LogP contribution >= 0.6 is 0 Å². The molecule has 0 spiro atoms. The van der Waals surface area contributed by atoms with Gasteiger partial charge in [0.1, 0.15) is 11.9 Å². The number of amidine groups is 1. The summed E-state index contributed by atoms with van der Waals surface area (Å²) in [6.07, 6.45) is 2.06. The third-order valence-corrected chi connectivity index (χ3v) is 4.32. The van der Waals surface area contributed by atoms with E-state index in [-0.39, 0.29) is 18.2 Å². The molecule has 25 heavy (non-hydrogen) atoms. The van der Waals surface area contributed by atoms with Crippen LogP contribution in [0.15, 0.2) is 41.5 Å². The lowest BCUT2D eigenvalue weighted by Gasteiger charge is -2.34. The van der Waals surface area contributed by atoms with E-state index < -0.39 is 5.95 Å². The standard InChI is InChI=1S/C18H17FN4O2/c1-2-20-18(24)23-17-15-8-14(25-15)12-5-3-10(7-13(12)22-17)11-4-6-16(19)21-9-11/h3-7,9,14-15H,2,8H2,1H3,(H2,20,22,23,24). The molecule has 2 aromatic rings. The predicted octanol–water partition coefficient (Wildman–Crippen LogP) is 3.08. The van der Waals surface area contributed by atoms with E-state index >= 15 is 0 Å². The van der Waals surface area contributed by atoms with E-state index in [9.17, 15) is 9.18 Å². The van der Waals surface area contributed by atoms with Crippen LogP contribution in [-0.2, 0) is 4.74 Å². The van der Waals surface area contributed by atoms with E-state index in [1.807, 2.05) is 25.1 Å². The minimum absolute atomic E-state index is 0.0160. The molecule has 3 aliphatic heterocycles. The van der Waals surface area contributed by atoms with Crippen molar-refractivity contribution in [2.45, 2.75) is 25.6 Å². The van der Waals surface area contributed by atoms with E-state index in [4.69, 9.17) is 4.74 Å². The highest BCUT2D eigenvalue weighted by atomic mass is 19.1. The number of benzene rings is 1. The van der Waals surface area contributed by atoms with Crippen LogP contribution in [0.25, 0.3) is 11.1 Å². The van der Waals surface area contributed by atoms with Gasteiger partial charge in [-0.15, -0.1) is 0 Å². The van der Waals surface area contributed by atoms with Gasteiger partial charge in [0.25, 0.3) is 0 Å². The Morgan fingerprint density at radius 3 is 2.80 bits per heavy atom. The summed E-state index contributed by atoms with van der Waals surface area (Å²) < 4.78 is 18.9. The van der Waals surface area contributed by atoms with Crippen molar-refractivity contribution in [3.05, 3.63) is 48.0 Å². The number of nitrogens with one attached hydrogen (secondary N) is 2. The fourth-order valence-electron chi connectivity index (χ4n) is 3.03. The first-order valence-electron chi connectivity index (χ1n) is 8.19. The third kappa shape index (κ3) is 2.98. The maximum absolute atomic E-state index is 13.0. The quantitative estimate of drug-likeness (QED) is 0.825. The van der Waals surface area contributed by atoms with Gasteiger partial charge in [0.15, 0.2) is 0 Å². The van der Waals surface area contributed by atoms with Crippen LogP contribution < -0.4 is 10.6 Å². The van der Waals surface area contributed by atoms with E-state index in [2.05, 4.69) is 20.6 Å². The molecule has 7 heteroatoms. The Kier molecular flexibility index (Phi) is 3.93. The third-order valence-electron chi connectivity index (χ3n) is 4.32. The smallest absolute Gasteiger partial charge is 0.320 e. The SMILES string of the molecule is CCNC(=O)NC1=Nc2cc(-c3ccc(F)nc3)ccc2C2CC1O2. The minimum Gasteiger partial charge on any atom is -0.362 e. The molecule has 1 fully saturated rings. The van der Waals surface area contributed by atoms with Crippen molar-refractivity contribution in [3.63, 3.8) is 0 Å². The number of hydrogen-bond acceptors (Lipinski definition) is 4. The van der Waals surface area contributed by atoms with Crippen LogP contribution in [0, 0.1) is 5.95 Å². The monoisotopic (exact) mass is 340 g/mol. The molecule has 128 valence electrons. The zero-order chi connectivity index (χ0) is 17.4. The molecule has 2 atom stereocenters. The van der Waals surface area contributed by atoms with Gasteiger partial charge in [0, 0.05) is 30.3 Å². The van der Waals surface area contributed by atoms with Crippen LogP contribution in [0.4, 0.5) is 14.9 Å². The summed E-state index contributed by atoms with van der Waals surface area (Å²) in [6, 6.07) is 8.53. The number of pyridine rings is 1. The van der Waals surface area contributed by atoms with Crippen LogP contribution in [0.5, 0.6) is 0 Å². The predicted molar refractivity (Wildman–Crippen MR) is 91.2 cm³/mol. The number of carbonyl (C=O) groups excluding carboxylic acids is 1. The molecular weight excluding hydrogens is 323 g/mol. The Hall–Kier alpha value is -2.80. The summed E-state index contributed by atoms with van der Waals surface area (Å²) in [7, 11) is 0. The fourth-order valence-corrected chi connectivity index (χ4v) is 3.03. The lowest BCUT2D eigenvalue weighted by atomic mass is 9.95. The molecule has 2 amide bonds. The second kappa shape index (κ2) is 6.25. The van der Waals surface area contributed by atoms with Crippen molar-refractivity contribution in [1.29, 1.82) is 0 Å². The van der Waals surface area contributed by atoms with Gasteiger partial charge in [-0.2, -0.15) is 4.39 Å². The summed E-state index contributed by atoms with van der Waals surface area (Å²) >= 11 is 0. The molecule has 1 aromatic carbocycles. The van der Waals surface area contributed by atoms with Gasteiger partial charge < -0.3 is 10.1 Å². The number of amides is 2. The lowest BCUT2D eigenvalue weighted by Crippen LogP contribution is -2.48. The Labute approximate surface area is 144 Å². The molecule has 0 saturated carbocycles. The number of ether oxygens (including phenoxy) is 1. The van der Waals surface area contributed by atoms with Crippen LogP contribution in [0.3, 0.4) is 0 Å². The van der Waals surface area contributed by atoms with Crippen LogP contribution in [-0.4, -0.2) is 29.5 Å². The normalized spacial score (nSPS) is 20.6. The summed E-state index contributed by atoms with van der Waals surface area (Å²) in [5.74, 6) is -0.00509. The van der Waals surface area contributed by atoms with Gasteiger partial charge >= 0.3 is 6.03 Å². The second-order valence-electron chi connectivity index (χ2n) is 5.97. The zero-order valence-corrected chi connectivity index (χ0v) is 13.6. The van der Waals surface area contributed by atoms with Crippen LogP contribution in [0.2, 0.25) is 0 Å². The minimum atomic E-state index is -0.515. The van der Waals surface area contributed by atoms with Gasteiger partial charge in [0.05, 0.1) is 11.8 Å². The Balaban J connectivity index is 1.69. The van der Waals surface area contributed by atoms with E-state index in [1.54, 1.807) is 6.07 Å². The average molecular weight is 340 g/mol. The first-order chi connectivity index (χ1) is 12.1. The highest BCUT2D eigenvalue weighted by molar-refractivity contribution is 6.02. The second-order valence-corrected chi connectivity index (χ2v) is 5.97. The molecule has 0 aliphatic carbocycles. The molecular formula is C18H17FN4O2. The summed E-state index contributed by atoms with van der Waals surface area (Å²) in [6.45, 7) is 2.38. The molecule has 1 aromatic heterocycles. The average Bonchev–Trinajstić information content (AvgIpc) is 2.79. The Morgan fingerprint density at radius 2 is 2.08 bits per heavy atom. The first-order valence-corrected chi connectivity index (χ1v) is 8.19. The molecule has 1 saturated heterocycles. The maximum atomic E-state index is 13.0. The van der Waals surface area contributed by atoms with Gasteiger partial charge in [-0.1, -0.05) is 12.1 Å². The van der Waals surface area contributed by atoms with Gasteiger partial charge in [-0.25, -0.2) is 14.8 Å². The molecule has 6 nitrogen and oxygen atoms in total. The Bertz CT molecular complexity index is 845. The lowest BCUT2D eigenvalue weighted by molar-refractivity contribution is -0.0883. The number of nitrogens with zero attached hydrogens (tertiary/aromatic N) is 2. The molecule has 5 rings (SSSR count). The molecule has 2 N–H and O–H groups in total. The number of hydrogen-bond donors (Lipinski definition) is 2. The Morgan fingerprint density at radius 1 is 1.28 bits per heavy atom. The molecule has 4 heterocycles. The summed E-state index contributed by atoms with van der Waals surface area (Å²) in [4.78, 5) is 20.1.